The van der Waals surface area contributed by atoms with Gasteiger partial charge < -0.3 is 18.9 Å². The molecule has 4 atom stereocenters. The van der Waals surface area contributed by atoms with Crippen molar-refractivity contribution >= 4 is 0 Å². The van der Waals surface area contributed by atoms with E-state index in [1.54, 1.807) is 14.2 Å². The minimum atomic E-state index is -0.0368. The molecule has 0 aromatic heterocycles. The Labute approximate surface area is 91.8 Å². The predicted octanol–water partition coefficient (Wildman–Crippen LogP) is 1.23. The third-order valence-electron chi connectivity index (χ3n) is 2.77. The van der Waals surface area contributed by atoms with Crippen molar-refractivity contribution in [3.63, 3.8) is 0 Å². The molecule has 1 aliphatic heterocycles. The second kappa shape index (κ2) is 6.43. The summed E-state index contributed by atoms with van der Waals surface area (Å²) in [6.07, 6.45) is 0.956. The molecule has 1 fully saturated rings. The van der Waals surface area contributed by atoms with Crippen LogP contribution in [0.25, 0.3) is 0 Å². The highest BCUT2D eigenvalue weighted by molar-refractivity contribution is 4.87. The minimum absolute atomic E-state index is 0.0337. The molecule has 0 N–H and O–H groups in total. The van der Waals surface area contributed by atoms with E-state index in [-0.39, 0.29) is 24.4 Å². The van der Waals surface area contributed by atoms with Gasteiger partial charge in [0.25, 0.3) is 0 Å². The SMILES string of the molecule is CCCO[C@@H]1[C@H](OC)[C@H](OC)CO[C@H]1C. The Hall–Kier alpha value is -0.160. The van der Waals surface area contributed by atoms with Gasteiger partial charge in [-0.2, -0.15) is 0 Å². The number of hydrogen-bond donors (Lipinski definition) is 0. The lowest BCUT2D eigenvalue weighted by atomic mass is 10.0. The first-order valence-electron chi connectivity index (χ1n) is 5.53. The molecule has 0 unspecified atom stereocenters. The van der Waals surface area contributed by atoms with E-state index in [2.05, 4.69) is 6.92 Å². The summed E-state index contributed by atoms with van der Waals surface area (Å²) in [5.41, 5.74) is 0. The highest BCUT2D eigenvalue weighted by Crippen LogP contribution is 2.22. The average molecular weight is 218 g/mol. The second-order valence-corrected chi connectivity index (χ2v) is 3.85. The van der Waals surface area contributed by atoms with Gasteiger partial charge in [0.15, 0.2) is 0 Å². The van der Waals surface area contributed by atoms with E-state index >= 15 is 0 Å². The van der Waals surface area contributed by atoms with Gasteiger partial charge in [0.2, 0.25) is 0 Å². The molecule has 1 heterocycles. The zero-order chi connectivity index (χ0) is 11.3. The van der Waals surface area contributed by atoms with Gasteiger partial charge in [-0.05, 0) is 13.3 Å². The van der Waals surface area contributed by atoms with Crippen molar-refractivity contribution < 1.29 is 18.9 Å². The Kier molecular flexibility index (Phi) is 5.53. The molecular formula is C11H22O4. The molecule has 0 aromatic rings. The average Bonchev–Trinajstić information content (AvgIpc) is 2.27. The fourth-order valence-electron chi connectivity index (χ4n) is 1.89. The van der Waals surface area contributed by atoms with Gasteiger partial charge in [0.1, 0.15) is 18.3 Å². The molecule has 1 rings (SSSR count). The summed E-state index contributed by atoms with van der Waals surface area (Å²) >= 11 is 0. The molecule has 0 aromatic carbocycles. The molecular weight excluding hydrogens is 196 g/mol. The van der Waals surface area contributed by atoms with E-state index in [9.17, 15) is 0 Å². The van der Waals surface area contributed by atoms with Crippen molar-refractivity contribution in [1.82, 2.24) is 0 Å². The summed E-state index contributed by atoms with van der Waals surface area (Å²) in [6, 6.07) is 0. The van der Waals surface area contributed by atoms with Crippen LogP contribution in [0.4, 0.5) is 0 Å². The summed E-state index contributed by atoms with van der Waals surface area (Å²) in [6.45, 7) is 5.40. The number of methoxy groups -OCH3 is 2. The van der Waals surface area contributed by atoms with Gasteiger partial charge in [-0.3, -0.25) is 0 Å². The zero-order valence-electron chi connectivity index (χ0n) is 10.1. The molecule has 0 amide bonds. The lowest BCUT2D eigenvalue weighted by molar-refractivity contribution is -0.213. The summed E-state index contributed by atoms with van der Waals surface area (Å²) in [4.78, 5) is 0. The van der Waals surface area contributed by atoms with Gasteiger partial charge in [-0.25, -0.2) is 0 Å². The molecule has 4 heteroatoms. The van der Waals surface area contributed by atoms with Crippen molar-refractivity contribution in [2.45, 2.75) is 44.7 Å². The molecule has 0 aliphatic carbocycles. The van der Waals surface area contributed by atoms with E-state index in [4.69, 9.17) is 18.9 Å². The van der Waals surface area contributed by atoms with Crippen LogP contribution in [0, 0.1) is 0 Å². The maximum absolute atomic E-state index is 5.75. The lowest BCUT2D eigenvalue weighted by Crippen LogP contribution is -2.54. The number of rotatable bonds is 5. The largest absolute Gasteiger partial charge is 0.376 e. The van der Waals surface area contributed by atoms with Crippen LogP contribution >= 0.6 is 0 Å². The van der Waals surface area contributed by atoms with E-state index < -0.39 is 0 Å². The normalized spacial score (nSPS) is 36.8. The molecule has 0 radical (unpaired) electrons. The van der Waals surface area contributed by atoms with Crippen LogP contribution in [0.5, 0.6) is 0 Å². The predicted molar refractivity (Wildman–Crippen MR) is 57.0 cm³/mol. The summed E-state index contributed by atoms with van der Waals surface area (Å²) in [5.74, 6) is 0. The third-order valence-corrected chi connectivity index (χ3v) is 2.77. The van der Waals surface area contributed by atoms with Crippen LogP contribution in [0.2, 0.25) is 0 Å². The molecule has 0 bridgehead atoms. The molecule has 15 heavy (non-hydrogen) atoms. The Bertz CT molecular complexity index is 174. The van der Waals surface area contributed by atoms with Crippen molar-refractivity contribution in [2.75, 3.05) is 27.4 Å². The van der Waals surface area contributed by atoms with Crippen molar-refractivity contribution in [2.24, 2.45) is 0 Å². The van der Waals surface area contributed by atoms with Crippen LogP contribution in [0.3, 0.4) is 0 Å². The van der Waals surface area contributed by atoms with Crippen molar-refractivity contribution in [1.29, 1.82) is 0 Å². The van der Waals surface area contributed by atoms with Crippen LogP contribution in [-0.4, -0.2) is 51.8 Å². The summed E-state index contributed by atoms with van der Waals surface area (Å²) in [5, 5.41) is 0. The van der Waals surface area contributed by atoms with Crippen LogP contribution < -0.4 is 0 Å². The van der Waals surface area contributed by atoms with Gasteiger partial charge in [0, 0.05) is 20.8 Å². The zero-order valence-corrected chi connectivity index (χ0v) is 10.1. The first-order valence-corrected chi connectivity index (χ1v) is 5.53. The van der Waals surface area contributed by atoms with Gasteiger partial charge >= 0.3 is 0 Å². The van der Waals surface area contributed by atoms with Crippen molar-refractivity contribution in [3.8, 4) is 0 Å². The summed E-state index contributed by atoms with van der Waals surface area (Å²) in [7, 11) is 3.37. The Morgan fingerprint density at radius 3 is 2.47 bits per heavy atom. The quantitative estimate of drug-likeness (QED) is 0.695. The van der Waals surface area contributed by atoms with Crippen molar-refractivity contribution in [3.05, 3.63) is 0 Å². The molecule has 1 saturated heterocycles. The molecule has 4 nitrogen and oxygen atoms in total. The Morgan fingerprint density at radius 1 is 1.20 bits per heavy atom. The smallest absolute Gasteiger partial charge is 0.114 e. The topological polar surface area (TPSA) is 36.9 Å². The molecule has 1 aliphatic rings. The maximum atomic E-state index is 5.75. The monoisotopic (exact) mass is 218 g/mol. The van der Waals surface area contributed by atoms with Crippen LogP contribution in [0.1, 0.15) is 20.3 Å². The molecule has 90 valence electrons. The van der Waals surface area contributed by atoms with Gasteiger partial charge in [-0.1, -0.05) is 6.92 Å². The standard InChI is InChI=1S/C11H22O4/c1-5-6-14-10-8(2)15-7-9(12-3)11(10)13-4/h8-11H,5-7H2,1-4H3/t8-,9+,10-,11+/m0/s1. The summed E-state index contributed by atoms with van der Waals surface area (Å²) < 4.78 is 22.1. The van der Waals surface area contributed by atoms with Crippen LogP contribution in [0.15, 0.2) is 0 Å². The number of ether oxygens (including phenoxy) is 4. The highest BCUT2D eigenvalue weighted by atomic mass is 16.6. The fraction of sp³-hybridized carbons (Fsp3) is 1.00. The number of hydrogen-bond acceptors (Lipinski definition) is 4. The van der Waals surface area contributed by atoms with Gasteiger partial charge in [-0.15, -0.1) is 0 Å². The van der Waals surface area contributed by atoms with E-state index in [0.717, 1.165) is 13.0 Å². The van der Waals surface area contributed by atoms with E-state index in [1.165, 1.54) is 0 Å². The maximum Gasteiger partial charge on any atom is 0.114 e. The molecule has 0 spiro atoms. The fourth-order valence-corrected chi connectivity index (χ4v) is 1.89. The minimum Gasteiger partial charge on any atom is -0.376 e. The highest BCUT2D eigenvalue weighted by Gasteiger charge is 2.39. The first-order chi connectivity index (χ1) is 7.24. The Morgan fingerprint density at radius 2 is 1.93 bits per heavy atom. The Balaban J connectivity index is 2.59. The lowest BCUT2D eigenvalue weighted by Gasteiger charge is -2.39. The van der Waals surface area contributed by atoms with E-state index in [1.807, 2.05) is 6.92 Å². The molecule has 0 saturated carbocycles. The third kappa shape index (κ3) is 3.14. The second-order valence-electron chi connectivity index (χ2n) is 3.85. The van der Waals surface area contributed by atoms with Gasteiger partial charge in [0.05, 0.1) is 12.7 Å². The van der Waals surface area contributed by atoms with Crippen LogP contribution in [-0.2, 0) is 18.9 Å². The first kappa shape index (κ1) is 12.9. The van der Waals surface area contributed by atoms with E-state index in [0.29, 0.717) is 6.61 Å².